The number of unbranched alkanes of at least 4 members (excludes halogenated alkanes) is 3. The van der Waals surface area contributed by atoms with Gasteiger partial charge in [0.05, 0.1) is 0 Å². The molecule has 34 heavy (non-hydrogen) atoms. The van der Waals surface area contributed by atoms with Crippen molar-refractivity contribution in [1.29, 1.82) is 0 Å². The van der Waals surface area contributed by atoms with E-state index < -0.39 is 15.3 Å². The molecule has 2 aromatic carbocycles. The van der Waals surface area contributed by atoms with Crippen molar-refractivity contribution < 1.29 is 8.42 Å². The molecular formula is C28H41BrNO2PS. The molecule has 0 aliphatic carbocycles. The van der Waals surface area contributed by atoms with Crippen LogP contribution in [0.3, 0.4) is 0 Å². The summed E-state index contributed by atoms with van der Waals surface area (Å²) in [6, 6.07) is 15.3. The first-order valence-electron chi connectivity index (χ1n) is 12.8. The summed E-state index contributed by atoms with van der Waals surface area (Å²) in [5.41, 5.74) is 3.11. The quantitative estimate of drug-likeness (QED) is 0.194. The molecule has 0 aliphatic heterocycles. The van der Waals surface area contributed by atoms with Gasteiger partial charge in [0.2, 0.25) is 0 Å². The first-order chi connectivity index (χ1) is 16.2. The van der Waals surface area contributed by atoms with E-state index in [9.17, 15) is 8.42 Å². The summed E-state index contributed by atoms with van der Waals surface area (Å²) < 4.78 is 28.4. The molecule has 1 aromatic heterocycles. The third kappa shape index (κ3) is 5.97. The monoisotopic (exact) mass is 565 g/mol. The standard InChI is InChI=1S/C28H41BrNO2PS/c1-5-8-20-33(29,21-9-6-2,22-10-7-3)23-25-12-11-13-28-27(25)18-19-30(28)34(31,32)26-16-14-24(4)15-17-26/h11-19H,5-10,20-23H2,1-4H3. The number of halogens is 1. The Kier molecular flexibility index (Phi) is 9.09. The third-order valence-electron chi connectivity index (χ3n) is 7.14. The van der Waals surface area contributed by atoms with E-state index in [-0.39, 0.29) is 0 Å². The summed E-state index contributed by atoms with van der Waals surface area (Å²) in [5.74, 6) is 0. The van der Waals surface area contributed by atoms with Crippen molar-refractivity contribution in [2.45, 2.75) is 77.3 Å². The van der Waals surface area contributed by atoms with Crippen molar-refractivity contribution >= 4 is 41.7 Å². The van der Waals surface area contributed by atoms with Gasteiger partial charge in [-0.15, -0.1) is 0 Å². The Labute approximate surface area is 215 Å². The fraction of sp³-hybridized carbons (Fsp3) is 0.500. The van der Waals surface area contributed by atoms with Crippen molar-refractivity contribution in [3.63, 3.8) is 0 Å². The van der Waals surface area contributed by atoms with Gasteiger partial charge in [0.15, 0.2) is 0 Å². The fourth-order valence-corrected chi connectivity index (χ4v) is 15.0. The molecule has 0 aliphatic rings. The van der Waals surface area contributed by atoms with Crippen molar-refractivity contribution in [3.05, 3.63) is 65.9 Å². The van der Waals surface area contributed by atoms with E-state index in [1.807, 2.05) is 37.3 Å². The Hall–Kier alpha value is -1.16. The van der Waals surface area contributed by atoms with Crippen LogP contribution in [0.15, 0.2) is 59.6 Å². The minimum atomic E-state index is -3.64. The normalized spacial score (nSPS) is 13.7. The molecule has 1 heterocycles. The Morgan fingerprint density at radius 2 is 1.38 bits per heavy atom. The second-order valence-electron chi connectivity index (χ2n) is 9.99. The SMILES string of the molecule is CCCCP(Br)(CCCC)(CCCC)Cc1cccc2c1ccn2S(=O)(=O)c1ccc(C)cc1. The zero-order chi connectivity index (χ0) is 24.8. The third-order valence-corrected chi connectivity index (χ3v) is 18.2. The van der Waals surface area contributed by atoms with Crippen molar-refractivity contribution in [2.24, 2.45) is 0 Å². The number of hydrogen-bond donors (Lipinski definition) is 0. The molecule has 0 N–H and O–H groups in total. The van der Waals surface area contributed by atoms with Gasteiger partial charge >= 0.3 is 216 Å². The minimum absolute atomic E-state index is 0.329. The van der Waals surface area contributed by atoms with E-state index in [2.05, 4.69) is 42.3 Å². The van der Waals surface area contributed by atoms with Gasteiger partial charge in [-0.25, -0.2) is 0 Å². The van der Waals surface area contributed by atoms with E-state index >= 15 is 0 Å². The number of aromatic nitrogens is 1. The van der Waals surface area contributed by atoms with Crippen molar-refractivity contribution in [3.8, 4) is 0 Å². The van der Waals surface area contributed by atoms with Gasteiger partial charge in [0.25, 0.3) is 0 Å². The summed E-state index contributed by atoms with van der Waals surface area (Å²) in [6.45, 7) is 8.81. The van der Waals surface area contributed by atoms with Crippen LogP contribution in [0.1, 0.15) is 70.4 Å². The van der Waals surface area contributed by atoms with Gasteiger partial charge < -0.3 is 0 Å². The Morgan fingerprint density at radius 3 is 1.91 bits per heavy atom. The maximum absolute atomic E-state index is 13.5. The molecule has 0 radical (unpaired) electrons. The molecule has 3 aromatic rings. The molecule has 0 bridgehead atoms. The Bertz CT molecular complexity index is 1180. The van der Waals surface area contributed by atoms with Crippen LogP contribution in [0.2, 0.25) is 0 Å². The topological polar surface area (TPSA) is 39.1 Å². The Balaban J connectivity index is 2.08. The van der Waals surface area contributed by atoms with Gasteiger partial charge in [0, 0.05) is 0 Å². The number of aryl methyl sites for hydroxylation is 1. The van der Waals surface area contributed by atoms with Crippen LogP contribution >= 0.6 is 20.8 Å². The van der Waals surface area contributed by atoms with Crippen LogP contribution < -0.4 is 0 Å². The summed E-state index contributed by atoms with van der Waals surface area (Å²) >= 11 is 4.51. The number of hydrogen-bond acceptors (Lipinski definition) is 2. The van der Waals surface area contributed by atoms with E-state index in [1.54, 1.807) is 18.3 Å². The second-order valence-corrected chi connectivity index (χ2v) is 23.1. The zero-order valence-electron chi connectivity index (χ0n) is 21.3. The summed E-state index contributed by atoms with van der Waals surface area (Å²) in [6.07, 6.45) is 13.9. The molecule has 0 amide bonds. The number of nitrogens with zero attached hydrogens (tertiary/aromatic N) is 1. The predicted molar refractivity (Wildman–Crippen MR) is 155 cm³/mol. The summed E-state index contributed by atoms with van der Waals surface area (Å²) in [7, 11) is -3.64. The zero-order valence-corrected chi connectivity index (χ0v) is 24.6. The van der Waals surface area contributed by atoms with Crippen LogP contribution in [0.25, 0.3) is 10.9 Å². The molecular weight excluding hydrogens is 525 g/mol. The molecule has 0 fully saturated rings. The molecule has 0 spiro atoms. The van der Waals surface area contributed by atoms with Crippen LogP contribution in [-0.2, 0) is 16.2 Å². The Morgan fingerprint density at radius 1 is 0.824 bits per heavy atom. The van der Waals surface area contributed by atoms with Crippen LogP contribution in [0.5, 0.6) is 0 Å². The second kappa shape index (κ2) is 11.3. The molecule has 0 saturated carbocycles. The van der Waals surface area contributed by atoms with Gasteiger partial charge in [-0.05, 0) is 0 Å². The molecule has 188 valence electrons. The van der Waals surface area contributed by atoms with Crippen molar-refractivity contribution in [1.82, 2.24) is 3.97 Å². The molecule has 0 atom stereocenters. The molecule has 3 rings (SSSR count). The maximum atomic E-state index is 13.5. The summed E-state index contributed by atoms with van der Waals surface area (Å²) in [5, 5.41) is -1.10. The number of benzene rings is 2. The van der Waals surface area contributed by atoms with E-state index in [0.29, 0.717) is 4.90 Å². The van der Waals surface area contributed by atoms with E-state index in [4.69, 9.17) is 0 Å². The first kappa shape index (κ1) is 27.4. The van der Waals surface area contributed by atoms with Crippen LogP contribution in [0, 0.1) is 6.92 Å². The average Bonchev–Trinajstić information content (AvgIpc) is 3.27. The summed E-state index contributed by atoms with van der Waals surface area (Å²) in [4.78, 5) is 0.329. The van der Waals surface area contributed by atoms with Crippen LogP contribution in [0.4, 0.5) is 0 Å². The molecule has 0 saturated heterocycles. The number of fused-ring (bicyclic) bond motifs is 1. The molecule has 6 heteroatoms. The average molecular weight is 567 g/mol. The first-order valence-corrected chi connectivity index (χ1v) is 19.2. The van der Waals surface area contributed by atoms with Gasteiger partial charge in [-0.1, -0.05) is 0 Å². The molecule has 0 unspecified atom stereocenters. The van der Waals surface area contributed by atoms with Crippen molar-refractivity contribution in [2.75, 3.05) is 18.5 Å². The van der Waals surface area contributed by atoms with Gasteiger partial charge in [-0.3, -0.25) is 0 Å². The van der Waals surface area contributed by atoms with E-state index in [1.165, 1.54) is 66.5 Å². The molecule has 3 nitrogen and oxygen atoms in total. The number of rotatable bonds is 13. The van der Waals surface area contributed by atoms with Gasteiger partial charge in [-0.2, -0.15) is 0 Å². The predicted octanol–water partition coefficient (Wildman–Crippen LogP) is 8.95. The van der Waals surface area contributed by atoms with Crippen LogP contribution in [-0.4, -0.2) is 30.9 Å². The van der Waals surface area contributed by atoms with Gasteiger partial charge in [0.1, 0.15) is 0 Å². The fourth-order valence-electron chi connectivity index (χ4n) is 5.04. The van der Waals surface area contributed by atoms with E-state index in [0.717, 1.165) is 22.6 Å².